The number of ketones is 1. The average Bonchev–Trinajstić information content (AvgIpc) is 3.12. The summed E-state index contributed by atoms with van der Waals surface area (Å²) >= 11 is 0. The van der Waals surface area contributed by atoms with Gasteiger partial charge in [0.05, 0.1) is 6.04 Å². The Bertz CT molecular complexity index is 866. The van der Waals surface area contributed by atoms with E-state index in [0.29, 0.717) is 19.4 Å². The fraction of sp³-hybridized carbons (Fsp3) is 0.857. The first-order valence-corrected chi connectivity index (χ1v) is 14.0. The Labute approximate surface area is 221 Å². The van der Waals surface area contributed by atoms with Crippen LogP contribution in [0.5, 0.6) is 0 Å². The van der Waals surface area contributed by atoms with Gasteiger partial charge in [-0.15, -0.1) is 0 Å². The van der Waals surface area contributed by atoms with E-state index >= 15 is 0 Å². The SMILES string of the molecule is CC(=O)C(O)[C@@H]1CCCCCCCCC[C@H](NC(=O)OC(C)(C)C)C(=O)N2C[C@H]3[C@@H]([C@H]2C(=O)N1)C3(C)C. The Morgan fingerprint density at radius 3 is 2.19 bits per heavy atom. The van der Waals surface area contributed by atoms with Gasteiger partial charge in [0.2, 0.25) is 11.8 Å². The third kappa shape index (κ3) is 7.24. The van der Waals surface area contributed by atoms with E-state index in [1.165, 1.54) is 6.92 Å². The normalized spacial score (nSPS) is 32.0. The molecule has 0 bridgehead atoms. The van der Waals surface area contributed by atoms with Gasteiger partial charge in [0.25, 0.3) is 0 Å². The Morgan fingerprint density at radius 1 is 1.05 bits per heavy atom. The number of Topliss-reactive ketones (excluding diaryl/α,β-unsaturated/α-hetero) is 1. The monoisotopic (exact) mass is 521 g/mol. The maximum absolute atomic E-state index is 13.8. The van der Waals surface area contributed by atoms with E-state index in [-0.39, 0.29) is 34.8 Å². The molecule has 0 radical (unpaired) electrons. The molecule has 0 aromatic heterocycles. The van der Waals surface area contributed by atoms with Crippen molar-refractivity contribution in [2.24, 2.45) is 17.3 Å². The summed E-state index contributed by atoms with van der Waals surface area (Å²) in [5.41, 5.74) is -0.776. The highest BCUT2D eigenvalue weighted by molar-refractivity contribution is 5.93. The number of amides is 3. The zero-order valence-electron chi connectivity index (χ0n) is 23.5. The number of piperidine rings is 1. The Hall–Kier alpha value is -2.16. The fourth-order valence-corrected chi connectivity index (χ4v) is 6.18. The third-order valence-corrected chi connectivity index (χ3v) is 8.38. The van der Waals surface area contributed by atoms with Crippen molar-refractivity contribution in [2.75, 3.05) is 6.54 Å². The second-order valence-electron chi connectivity index (χ2n) is 12.8. The molecule has 3 aliphatic rings. The van der Waals surface area contributed by atoms with Crippen molar-refractivity contribution in [3.8, 4) is 0 Å². The number of alkyl carbamates (subject to hydrolysis) is 1. The Kier molecular flexibility index (Phi) is 9.30. The minimum atomic E-state index is -1.28. The minimum absolute atomic E-state index is 0.00682. The molecular weight excluding hydrogens is 474 g/mol. The lowest BCUT2D eigenvalue weighted by Crippen LogP contribution is -2.58. The number of rotatable bonds is 3. The van der Waals surface area contributed by atoms with Crippen molar-refractivity contribution in [3.05, 3.63) is 0 Å². The van der Waals surface area contributed by atoms with E-state index < -0.39 is 35.9 Å². The number of fused-ring (bicyclic) bond motifs is 3. The number of carbonyl (C=O) groups is 4. The lowest BCUT2D eigenvalue weighted by molar-refractivity contribution is -0.143. The summed E-state index contributed by atoms with van der Waals surface area (Å²) in [6.07, 6.45) is 5.70. The van der Waals surface area contributed by atoms with Gasteiger partial charge in [0, 0.05) is 6.54 Å². The molecule has 0 aromatic rings. The molecule has 0 aromatic carbocycles. The molecule has 2 aliphatic heterocycles. The quantitative estimate of drug-likeness (QED) is 0.523. The number of hydrogen-bond donors (Lipinski definition) is 3. The zero-order valence-corrected chi connectivity index (χ0v) is 23.5. The maximum atomic E-state index is 13.8. The van der Waals surface area contributed by atoms with Gasteiger partial charge in [-0.25, -0.2) is 4.79 Å². The fourth-order valence-electron chi connectivity index (χ4n) is 6.18. The van der Waals surface area contributed by atoms with E-state index in [9.17, 15) is 24.3 Å². The van der Waals surface area contributed by atoms with Crippen molar-refractivity contribution >= 4 is 23.7 Å². The molecule has 2 heterocycles. The Morgan fingerprint density at radius 2 is 1.62 bits per heavy atom. The molecule has 9 heteroatoms. The molecule has 6 atom stereocenters. The van der Waals surface area contributed by atoms with Crippen LogP contribution in [0, 0.1) is 17.3 Å². The standard InChI is InChI=1S/C28H47N3O6/c1-17(32)23(33)19-14-12-10-8-7-9-11-13-15-20(30-26(36)37-27(2,3)4)25(35)31-16-18-21(28(18,5)6)22(31)24(34)29-19/h18-23,33H,7-16H2,1-6H3,(H,29,34)(H,30,36)/t18-,19-,20-,21-,22-,23?/m0/s1. The molecular formula is C28H47N3O6. The van der Waals surface area contributed by atoms with Crippen LogP contribution in [-0.2, 0) is 19.1 Å². The number of nitrogens with one attached hydrogen (secondary N) is 2. The maximum Gasteiger partial charge on any atom is 0.408 e. The van der Waals surface area contributed by atoms with Crippen LogP contribution in [0.3, 0.4) is 0 Å². The van der Waals surface area contributed by atoms with Crippen LogP contribution in [0.1, 0.15) is 99.3 Å². The van der Waals surface area contributed by atoms with Crippen LogP contribution in [0.25, 0.3) is 0 Å². The molecule has 3 N–H and O–H groups in total. The molecule has 210 valence electrons. The number of nitrogens with zero attached hydrogens (tertiary/aromatic N) is 1. The van der Waals surface area contributed by atoms with Crippen LogP contribution in [0.4, 0.5) is 4.79 Å². The summed E-state index contributed by atoms with van der Waals surface area (Å²) in [4.78, 5) is 53.7. The highest BCUT2D eigenvalue weighted by Crippen LogP contribution is 2.65. The summed E-state index contributed by atoms with van der Waals surface area (Å²) in [5, 5.41) is 16.3. The van der Waals surface area contributed by atoms with Gasteiger partial charge >= 0.3 is 6.09 Å². The Balaban J connectivity index is 1.86. The zero-order chi connectivity index (χ0) is 27.5. The van der Waals surface area contributed by atoms with E-state index in [1.807, 2.05) is 0 Å². The number of hydrogen-bond acceptors (Lipinski definition) is 6. The van der Waals surface area contributed by atoms with Gasteiger partial charge < -0.3 is 25.4 Å². The van der Waals surface area contributed by atoms with E-state index in [0.717, 1.165) is 44.9 Å². The second kappa shape index (κ2) is 11.7. The van der Waals surface area contributed by atoms with Crippen molar-refractivity contribution in [2.45, 2.75) is 129 Å². The largest absolute Gasteiger partial charge is 0.444 e. The molecule has 2 saturated heterocycles. The van der Waals surface area contributed by atoms with Crippen molar-refractivity contribution in [3.63, 3.8) is 0 Å². The van der Waals surface area contributed by atoms with Crippen LogP contribution >= 0.6 is 0 Å². The summed E-state index contributed by atoms with van der Waals surface area (Å²) in [6.45, 7) is 11.3. The predicted octanol–water partition coefficient (Wildman–Crippen LogP) is 3.32. The summed E-state index contributed by atoms with van der Waals surface area (Å²) in [7, 11) is 0. The van der Waals surface area contributed by atoms with Crippen molar-refractivity contribution in [1.82, 2.24) is 15.5 Å². The number of aliphatic hydroxyl groups is 1. The summed E-state index contributed by atoms with van der Waals surface area (Å²) < 4.78 is 5.43. The van der Waals surface area contributed by atoms with E-state index in [1.54, 1.807) is 25.7 Å². The smallest absolute Gasteiger partial charge is 0.408 e. The molecule has 1 aliphatic carbocycles. The predicted molar refractivity (Wildman–Crippen MR) is 140 cm³/mol. The van der Waals surface area contributed by atoms with Crippen LogP contribution in [0.15, 0.2) is 0 Å². The number of ether oxygens (including phenoxy) is 1. The van der Waals surface area contributed by atoms with Gasteiger partial charge in [-0.1, -0.05) is 58.8 Å². The van der Waals surface area contributed by atoms with Crippen molar-refractivity contribution < 1.29 is 29.0 Å². The molecule has 3 fully saturated rings. The highest BCUT2D eigenvalue weighted by Gasteiger charge is 2.69. The van der Waals surface area contributed by atoms with Gasteiger partial charge in [-0.05, 0) is 57.8 Å². The lowest BCUT2D eigenvalue weighted by atomic mass is 9.96. The molecule has 9 nitrogen and oxygen atoms in total. The van der Waals surface area contributed by atoms with Gasteiger partial charge in [-0.2, -0.15) is 0 Å². The van der Waals surface area contributed by atoms with Crippen LogP contribution in [-0.4, -0.2) is 70.1 Å². The highest BCUT2D eigenvalue weighted by atomic mass is 16.6. The van der Waals surface area contributed by atoms with Crippen LogP contribution < -0.4 is 10.6 Å². The van der Waals surface area contributed by atoms with Gasteiger partial charge in [0.1, 0.15) is 23.8 Å². The molecule has 0 spiro atoms. The average molecular weight is 522 g/mol. The first-order chi connectivity index (χ1) is 17.2. The molecule has 1 unspecified atom stereocenters. The van der Waals surface area contributed by atoms with Crippen molar-refractivity contribution in [1.29, 1.82) is 0 Å². The lowest BCUT2D eigenvalue weighted by Gasteiger charge is -2.34. The number of carbonyl (C=O) groups excluding carboxylic acids is 4. The molecule has 1 saturated carbocycles. The molecule has 37 heavy (non-hydrogen) atoms. The van der Waals surface area contributed by atoms with Gasteiger partial charge in [-0.3, -0.25) is 14.4 Å². The minimum Gasteiger partial charge on any atom is -0.444 e. The van der Waals surface area contributed by atoms with E-state index in [4.69, 9.17) is 4.74 Å². The summed E-state index contributed by atoms with van der Waals surface area (Å²) in [6, 6.07) is -2.17. The van der Waals surface area contributed by atoms with E-state index in [2.05, 4.69) is 24.5 Å². The molecule has 3 rings (SSSR count). The first kappa shape index (κ1) is 29.4. The van der Waals surface area contributed by atoms with Gasteiger partial charge in [0.15, 0.2) is 5.78 Å². The third-order valence-electron chi connectivity index (χ3n) is 8.38. The van der Waals surface area contributed by atoms with Crippen LogP contribution in [0.2, 0.25) is 0 Å². The number of aliphatic hydroxyl groups excluding tert-OH is 1. The molecule has 3 amide bonds. The topological polar surface area (TPSA) is 125 Å². The second-order valence-corrected chi connectivity index (χ2v) is 12.8. The first-order valence-electron chi connectivity index (χ1n) is 14.0. The summed E-state index contributed by atoms with van der Waals surface area (Å²) in [5.74, 6) is -0.810.